The third-order valence-corrected chi connectivity index (χ3v) is 3.70. The highest BCUT2D eigenvalue weighted by molar-refractivity contribution is 5.92. The van der Waals surface area contributed by atoms with Crippen LogP contribution in [0, 0.1) is 5.82 Å². The fourth-order valence-electron chi connectivity index (χ4n) is 2.39. The number of nitrogens with zero attached hydrogens (tertiary/aromatic N) is 1. The maximum absolute atomic E-state index is 12.8. The molecule has 25 heavy (non-hydrogen) atoms. The number of rotatable bonds is 5. The van der Waals surface area contributed by atoms with Crippen LogP contribution in [0.15, 0.2) is 40.8 Å². The van der Waals surface area contributed by atoms with Crippen LogP contribution >= 0.6 is 0 Å². The van der Waals surface area contributed by atoms with Crippen LogP contribution < -0.4 is 4.74 Å². The molecule has 3 rings (SSSR count). The Balaban J connectivity index is 1.59. The largest absolute Gasteiger partial charge is 0.486 e. The van der Waals surface area contributed by atoms with E-state index in [1.807, 2.05) is 0 Å². The van der Waals surface area contributed by atoms with Crippen molar-refractivity contribution in [2.75, 3.05) is 19.7 Å². The van der Waals surface area contributed by atoms with Gasteiger partial charge in [0.15, 0.2) is 11.9 Å². The first kappa shape index (κ1) is 17.0. The Bertz CT molecular complexity index is 757. The van der Waals surface area contributed by atoms with E-state index >= 15 is 0 Å². The number of carboxylic acid groups (broad SMARTS) is 1. The SMILES string of the molecule is O=C(O)C1CN(C(=O)c2ccc(COc3ccc(F)cc3)o2)CCO1. The molecule has 0 radical (unpaired) electrons. The molecule has 0 saturated carbocycles. The van der Waals surface area contributed by atoms with E-state index in [4.69, 9.17) is 19.0 Å². The second-order valence-corrected chi connectivity index (χ2v) is 5.46. The summed E-state index contributed by atoms with van der Waals surface area (Å²) in [6.07, 6.45) is -1.03. The lowest BCUT2D eigenvalue weighted by atomic mass is 10.2. The predicted octanol–water partition coefficient (Wildman–Crippen LogP) is 1.92. The number of morpholine rings is 1. The molecule has 0 aliphatic carbocycles. The van der Waals surface area contributed by atoms with Crippen LogP contribution in [-0.2, 0) is 16.1 Å². The van der Waals surface area contributed by atoms with Crippen molar-refractivity contribution in [3.8, 4) is 5.75 Å². The Hall–Kier alpha value is -2.87. The van der Waals surface area contributed by atoms with Gasteiger partial charge in [0.25, 0.3) is 5.91 Å². The van der Waals surface area contributed by atoms with Gasteiger partial charge in [0.05, 0.1) is 13.2 Å². The molecular weight excluding hydrogens is 333 g/mol. The first-order valence-corrected chi connectivity index (χ1v) is 7.63. The van der Waals surface area contributed by atoms with E-state index in [0.29, 0.717) is 18.1 Å². The van der Waals surface area contributed by atoms with Crippen molar-refractivity contribution in [3.05, 3.63) is 53.7 Å². The highest BCUT2D eigenvalue weighted by Gasteiger charge is 2.30. The van der Waals surface area contributed by atoms with Crippen LogP contribution in [0.3, 0.4) is 0 Å². The fourth-order valence-corrected chi connectivity index (χ4v) is 2.39. The first-order valence-electron chi connectivity index (χ1n) is 7.63. The van der Waals surface area contributed by atoms with Gasteiger partial charge in [-0.05, 0) is 36.4 Å². The van der Waals surface area contributed by atoms with Crippen LogP contribution in [0.25, 0.3) is 0 Å². The number of hydrogen-bond donors (Lipinski definition) is 1. The molecule has 1 fully saturated rings. The van der Waals surface area contributed by atoms with Gasteiger partial charge in [-0.1, -0.05) is 0 Å². The molecule has 1 aliphatic heterocycles. The second kappa shape index (κ2) is 7.35. The molecule has 1 N–H and O–H groups in total. The van der Waals surface area contributed by atoms with Crippen molar-refractivity contribution < 1.29 is 33.0 Å². The van der Waals surface area contributed by atoms with E-state index in [1.54, 1.807) is 6.07 Å². The van der Waals surface area contributed by atoms with Gasteiger partial charge in [0.1, 0.15) is 23.9 Å². The van der Waals surface area contributed by atoms with Crippen molar-refractivity contribution in [3.63, 3.8) is 0 Å². The van der Waals surface area contributed by atoms with E-state index in [0.717, 1.165) is 0 Å². The summed E-state index contributed by atoms with van der Waals surface area (Å²) in [4.78, 5) is 24.8. The van der Waals surface area contributed by atoms with Gasteiger partial charge in [-0.2, -0.15) is 0 Å². The van der Waals surface area contributed by atoms with Crippen LogP contribution in [0.2, 0.25) is 0 Å². The van der Waals surface area contributed by atoms with Crippen LogP contribution in [0.4, 0.5) is 4.39 Å². The molecule has 132 valence electrons. The lowest BCUT2D eigenvalue weighted by Gasteiger charge is -2.30. The molecule has 1 aliphatic rings. The number of carbonyl (C=O) groups is 2. The van der Waals surface area contributed by atoms with Crippen molar-refractivity contribution in [1.29, 1.82) is 0 Å². The zero-order valence-electron chi connectivity index (χ0n) is 13.2. The van der Waals surface area contributed by atoms with Crippen molar-refractivity contribution in [2.24, 2.45) is 0 Å². The lowest BCUT2D eigenvalue weighted by Crippen LogP contribution is -2.48. The number of halogens is 1. The van der Waals surface area contributed by atoms with E-state index in [-0.39, 0.29) is 31.3 Å². The van der Waals surface area contributed by atoms with Crippen LogP contribution in [0.5, 0.6) is 5.75 Å². The maximum atomic E-state index is 12.8. The summed E-state index contributed by atoms with van der Waals surface area (Å²) in [7, 11) is 0. The van der Waals surface area contributed by atoms with Crippen molar-refractivity contribution in [1.82, 2.24) is 4.90 Å². The minimum Gasteiger partial charge on any atom is -0.486 e. The van der Waals surface area contributed by atoms with Crippen molar-refractivity contribution in [2.45, 2.75) is 12.7 Å². The summed E-state index contributed by atoms with van der Waals surface area (Å²) in [6, 6.07) is 8.66. The highest BCUT2D eigenvalue weighted by atomic mass is 19.1. The number of carbonyl (C=O) groups excluding carboxylic acids is 1. The van der Waals surface area contributed by atoms with Gasteiger partial charge in [-0.3, -0.25) is 4.79 Å². The predicted molar refractivity (Wildman–Crippen MR) is 82.7 cm³/mol. The Kier molecular flexibility index (Phi) is 4.99. The summed E-state index contributed by atoms with van der Waals surface area (Å²) >= 11 is 0. The highest BCUT2D eigenvalue weighted by Crippen LogP contribution is 2.17. The molecule has 1 unspecified atom stereocenters. The number of amides is 1. The zero-order chi connectivity index (χ0) is 17.8. The first-order chi connectivity index (χ1) is 12.0. The number of furan rings is 1. The van der Waals surface area contributed by atoms with Crippen LogP contribution in [-0.4, -0.2) is 47.7 Å². The summed E-state index contributed by atoms with van der Waals surface area (Å²) in [5.74, 6) is -0.862. The zero-order valence-corrected chi connectivity index (χ0v) is 13.2. The van der Waals surface area contributed by atoms with E-state index in [1.165, 1.54) is 35.2 Å². The van der Waals surface area contributed by atoms with Crippen LogP contribution in [0.1, 0.15) is 16.3 Å². The standard InChI is InChI=1S/C17H16FNO6/c18-11-1-3-12(4-2-11)24-10-13-5-6-14(25-13)16(20)19-7-8-23-15(9-19)17(21)22/h1-6,15H,7-10H2,(H,21,22). The topological polar surface area (TPSA) is 89.2 Å². The molecule has 1 amide bonds. The van der Waals surface area contributed by atoms with Gasteiger partial charge in [-0.25, -0.2) is 9.18 Å². The Morgan fingerprint density at radius 3 is 2.72 bits per heavy atom. The van der Waals surface area contributed by atoms with Gasteiger partial charge in [0.2, 0.25) is 0 Å². The van der Waals surface area contributed by atoms with E-state index < -0.39 is 18.0 Å². The van der Waals surface area contributed by atoms with Gasteiger partial charge < -0.3 is 23.9 Å². The minimum absolute atomic E-state index is 0.0315. The van der Waals surface area contributed by atoms with E-state index in [2.05, 4.69) is 0 Å². The molecule has 0 spiro atoms. The summed E-state index contributed by atoms with van der Waals surface area (Å²) in [5.41, 5.74) is 0. The summed E-state index contributed by atoms with van der Waals surface area (Å²) in [6.45, 7) is 0.505. The second-order valence-electron chi connectivity index (χ2n) is 5.46. The molecule has 2 heterocycles. The summed E-state index contributed by atoms with van der Waals surface area (Å²) in [5, 5.41) is 8.98. The average molecular weight is 349 g/mol. The molecule has 1 atom stereocenters. The smallest absolute Gasteiger partial charge is 0.334 e. The Labute approximate surface area is 142 Å². The monoisotopic (exact) mass is 349 g/mol. The molecule has 7 nitrogen and oxygen atoms in total. The number of hydrogen-bond acceptors (Lipinski definition) is 5. The third-order valence-electron chi connectivity index (χ3n) is 3.70. The number of carboxylic acids is 1. The fraction of sp³-hybridized carbons (Fsp3) is 0.294. The molecular formula is C17H16FNO6. The van der Waals surface area contributed by atoms with Gasteiger partial charge in [0, 0.05) is 6.54 Å². The quantitative estimate of drug-likeness (QED) is 0.887. The third kappa shape index (κ3) is 4.16. The average Bonchev–Trinajstić information content (AvgIpc) is 3.09. The number of aliphatic carboxylic acids is 1. The molecule has 1 aromatic heterocycles. The van der Waals surface area contributed by atoms with E-state index in [9.17, 15) is 14.0 Å². The summed E-state index contributed by atoms with van der Waals surface area (Å²) < 4.78 is 28.8. The number of benzene rings is 1. The maximum Gasteiger partial charge on any atom is 0.334 e. The molecule has 0 bridgehead atoms. The van der Waals surface area contributed by atoms with Crippen molar-refractivity contribution >= 4 is 11.9 Å². The van der Waals surface area contributed by atoms with Gasteiger partial charge >= 0.3 is 5.97 Å². The van der Waals surface area contributed by atoms with Gasteiger partial charge in [-0.15, -0.1) is 0 Å². The Morgan fingerprint density at radius 2 is 2.00 bits per heavy atom. The molecule has 2 aromatic rings. The lowest BCUT2D eigenvalue weighted by molar-refractivity contribution is -0.154. The number of ether oxygens (including phenoxy) is 2. The normalized spacial score (nSPS) is 17.3. The molecule has 1 aromatic carbocycles. The molecule has 8 heteroatoms. The molecule has 1 saturated heterocycles. The Morgan fingerprint density at radius 1 is 1.24 bits per heavy atom. The minimum atomic E-state index is -1.11.